The van der Waals surface area contributed by atoms with Gasteiger partial charge in [0, 0.05) is 6.54 Å². The second kappa shape index (κ2) is 5.20. The number of rotatable bonds is 5. The Morgan fingerprint density at radius 2 is 2.00 bits per heavy atom. The summed E-state index contributed by atoms with van der Waals surface area (Å²) in [5.74, 6) is 0.474. The van der Waals surface area contributed by atoms with E-state index in [2.05, 4.69) is 18.6 Å². The van der Waals surface area contributed by atoms with E-state index in [1.54, 1.807) is 13.0 Å². The van der Waals surface area contributed by atoms with E-state index in [9.17, 15) is 8.42 Å². The zero-order chi connectivity index (χ0) is 15.1. The van der Waals surface area contributed by atoms with Crippen LogP contribution in [0.4, 0.5) is 5.69 Å². The second-order valence-electron chi connectivity index (χ2n) is 5.99. The van der Waals surface area contributed by atoms with Crippen molar-refractivity contribution in [2.24, 2.45) is 11.3 Å². The molecule has 1 fully saturated rings. The van der Waals surface area contributed by atoms with E-state index in [1.807, 2.05) is 0 Å². The first-order chi connectivity index (χ1) is 9.18. The Kier molecular flexibility index (Phi) is 4.06. The van der Waals surface area contributed by atoms with Crippen molar-refractivity contribution in [2.45, 2.75) is 38.5 Å². The first-order valence-corrected chi connectivity index (χ1v) is 8.59. The van der Waals surface area contributed by atoms with Gasteiger partial charge in [0.25, 0.3) is 0 Å². The molecule has 0 amide bonds. The Bertz CT molecular complexity index is 599. The Labute approximate surface area is 125 Å². The molecule has 0 aromatic heterocycles. The molecule has 20 heavy (non-hydrogen) atoms. The number of sulfonamides is 1. The number of aryl methyl sites for hydroxylation is 1. The molecule has 0 unspecified atom stereocenters. The van der Waals surface area contributed by atoms with Crippen LogP contribution in [0.1, 0.15) is 32.3 Å². The molecule has 0 aliphatic heterocycles. The minimum Gasteiger partial charge on any atom is -0.397 e. The van der Waals surface area contributed by atoms with E-state index in [0.717, 1.165) is 12.8 Å². The highest BCUT2D eigenvalue weighted by Crippen LogP contribution is 2.51. The van der Waals surface area contributed by atoms with Crippen LogP contribution in [0.3, 0.4) is 0 Å². The summed E-state index contributed by atoms with van der Waals surface area (Å²) in [6.07, 6.45) is 2.16. The lowest BCUT2D eigenvalue weighted by molar-refractivity contribution is 0.357. The molecule has 1 saturated carbocycles. The summed E-state index contributed by atoms with van der Waals surface area (Å²) in [6, 6.07) is 2.96. The summed E-state index contributed by atoms with van der Waals surface area (Å²) in [5, 5.41) is 0.407. The lowest BCUT2D eigenvalue weighted by Gasteiger charge is -2.20. The van der Waals surface area contributed by atoms with Gasteiger partial charge in [0.15, 0.2) is 0 Å². The van der Waals surface area contributed by atoms with Gasteiger partial charge in [-0.05, 0) is 48.8 Å². The van der Waals surface area contributed by atoms with Crippen LogP contribution in [0.15, 0.2) is 17.0 Å². The average molecular weight is 317 g/mol. The first-order valence-electron chi connectivity index (χ1n) is 6.73. The van der Waals surface area contributed by atoms with Gasteiger partial charge in [-0.3, -0.25) is 0 Å². The van der Waals surface area contributed by atoms with Gasteiger partial charge in [-0.1, -0.05) is 25.4 Å². The van der Waals surface area contributed by atoms with E-state index in [4.69, 9.17) is 17.3 Å². The summed E-state index contributed by atoms with van der Waals surface area (Å²) in [4.78, 5) is 0.177. The second-order valence-corrected chi connectivity index (χ2v) is 8.13. The number of hydrogen-bond acceptors (Lipinski definition) is 3. The van der Waals surface area contributed by atoms with E-state index >= 15 is 0 Å². The van der Waals surface area contributed by atoms with Gasteiger partial charge >= 0.3 is 0 Å². The number of halogens is 1. The predicted molar refractivity (Wildman–Crippen MR) is 82.3 cm³/mol. The van der Waals surface area contributed by atoms with Crippen molar-refractivity contribution in [3.05, 3.63) is 22.7 Å². The van der Waals surface area contributed by atoms with E-state index < -0.39 is 10.0 Å². The molecular weight excluding hydrogens is 296 g/mol. The maximum Gasteiger partial charge on any atom is 0.240 e. The normalized spacial score (nSPS) is 17.4. The van der Waals surface area contributed by atoms with Crippen LogP contribution in [0.2, 0.25) is 5.02 Å². The number of hydrogen-bond donors (Lipinski definition) is 2. The molecule has 0 bridgehead atoms. The summed E-state index contributed by atoms with van der Waals surface area (Å²) >= 11 is 5.96. The summed E-state index contributed by atoms with van der Waals surface area (Å²) < 4.78 is 27.4. The highest BCUT2D eigenvalue weighted by Gasteiger charge is 2.45. The molecule has 1 aliphatic carbocycles. The van der Waals surface area contributed by atoms with Gasteiger partial charge in [-0.2, -0.15) is 0 Å². The lowest BCUT2D eigenvalue weighted by atomic mass is 9.93. The minimum absolute atomic E-state index is 0.125. The van der Waals surface area contributed by atoms with Gasteiger partial charge in [-0.25, -0.2) is 13.1 Å². The molecule has 0 heterocycles. The molecule has 3 N–H and O–H groups in total. The van der Waals surface area contributed by atoms with Crippen LogP contribution in [0, 0.1) is 18.3 Å². The minimum atomic E-state index is -3.54. The van der Waals surface area contributed by atoms with Crippen LogP contribution >= 0.6 is 11.6 Å². The van der Waals surface area contributed by atoms with Crippen molar-refractivity contribution in [2.75, 3.05) is 12.3 Å². The van der Waals surface area contributed by atoms with Gasteiger partial charge in [0.1, 0.15) is 0 Å². The number of nitrogens with two attached hydrogens (primary N) is 1. The van der Waals surface area contributed by atoms with Crippen LogP contribution in [-0.4, -0.2) is 15.0 Å². The third kappa shape index (κ3) is 2.95. The zero-order valence-electron chi connectivity index (χ0n) is 12.0. The fourth-order valence-corrected chi connectivity index (χ4v) is 3.73. The Balaban J connectivity index is 2.19. The molecular formula is C14H21ClN2O2S. The van der Waals surface area contributed by atoms with Crippen LogP contribution in [0.25, 0.3) is 0 Å². The molecule has 0 atom stereocenters. The third-order valence-corrected chi connectivity index (χ3v) is 6.19. The number of nitrogens with one attached hydrogen (secondary N) is 1. The molecule has 1 aliphatic rings. The van der Waals surface area contributed by atoms with Crippen molar-refractivity contribution in [1.82, 2.24) is 4.72 Å². The van der Waals surface area contributed by atoms with E-state index in [1.165, 1.54) is 6.07 Å². The van der Waals surface area contributed by atoms with Crippen molar-refractivity contribution < 1.29 is 8.42 Å². The highest BCUT2D eigenvalue weighted by atomic mass is 35.5. The summed E-state index contributed by atoms with van der Waals surface area (Å²) in [6.45, 7) is 6.49. The summed E-state index contributed by atoms with van der Waals surface area (Å²) in [7, 11) is -3.54. The van der Waals surface area contributed by atoms with Gasteiger partial charge in [0.2, 0.25) is 10.0 Å². The van der Waals surface area contributed by atoms with Crippen molar-refractivity contribution >= 4 is 27.3 Å². The van der Waals surface area contributed by atoms with Crippen molar-refractivity contribution in [1.29, 1.82) is 0 Å². The molecule has 0 saturated heterocycles. The molecule has 112 valence electrons. The predicted octanol–water partition coefficient (Wildman–Crippen LogP) is 2.95. The van der Waals surface area contributed by atoms with Crippen molar-refractivity contribution in [3.8, 4) is 0 Å². The highest BCUT2D eigenvalue weighted by molar-refractivity contribution is 7.89. The third-order valence-electron chi connectivity index (χ3n) is 4.30. The van der Waals surface area contributed by atoms with Crippen LogP contribution in [0.5, 0.6) is 0 Å². The molecule has 1 aromatic carbocycles. The van der Waals surface area contributed by atoms with E-state index in [0.29, 0.717) is 23.0 Å². The fraction of sp³-hybridized carbons (Fsp3) is 0.571. The van der Waals surface area contributed by atoms with Gasteiger partial charge < -0.3 is 5.73 Å². The SMILES string of the molecule is Cc1cc(S(=O)(=O)NCC2(C(C)C)CC2)cc(N)c1Cl. The first kappa shape index (κ1) is 15.6. The number of benzene rings is 1. The van der Waals surface area contributed by atoms with Crippen LogP contribution in [-0.2, 0) is 10.0 Å². The summed E-state index contributed by atoms with van der Waals surface area (Å²) in [5.41, 5.74) is 6.81. The molecule has 6 heteroatoms. The monoisotopic (exact) mass is 316 g/mol. The Morgan fingerprint density at radius 1 is 1.40 bits per heavy atom. The van der Waals surface area contributed by atoms with Crippen molar-refractivity contribution in [3.63, 3.8) is 0 Å². The molecule has 0 spiro atoms. The topological polar surface area (TPSA) is 72.2 Å². The molecule has 2 rings (SSSR count). The van der Waals surface area contributed by atoms with Gasteiger partial charge in [-0.15, -0.1) is 0 Å². The Hall–Kier alpha value is -0.780. The maximum absolute atomic E-state index is 12.3. The largest absolute Gasteiger partial charge is 0.397 e. The number of anilines is 1. The lowest BCUT2D eigenvalue weighted by Crippen LogP contribution is -2.32. The molecule has 4 nitrogen and oxygen atoms in total. The zero-order valence-corrected chi connectivity index (χ0v) is 13.6. The molecule has 1 aromatic rings. The fourth-order valence-electron chi connectivity index (χ4n) is 2.36. The quantitative estimate of drug-likeness (QED) is 0.820. The smallest absolute Gasteiger partial charge is 0.240 e. The maximum atomic E-state index is 12.3. The van der Waals surface area contributed by atoms with Crippen LogP contribution < -0.4 is 10.5 Å². The standard InChI is InChI=1S/C14H21ClN2O2S/c1-9(2)14(4-5-14)8-17-20(18,19)11-6-10(3)13(15)12(16)7-11/h6-7,9,17H,4-5,8,16H2,1-3H3. The Morgan fingerprint density at radius 3 is 2.45 bits per heavy atom. The molecule has 0 radical (unpaired) electrons. The number of nitrogen functional groups attached to an aromatic ring is 1. The van der Waals surface area contributed by atoms with Gasteiger partial charge in [0.05, 0.1) is 15.6 Å². The van der Waals surface area contributed by atoms with E-state index in [-0.39, 0.29) is 16.0 Å². The average Bonchev–Trinajstić information content (AvgIpc) is 3.14.